The molecule has 0 radical (unpaired) electrons. The van der Waals surface area contributed by atoms with Crippen LogP contribution in [0.15, 0.2) is 12.3 Å². The molecule has 0 saturated heterocycles. The Morgan fingerprint density at radius 1 is 1.50 bits per heavy atom. The standard InChI is InChI=1S/C13H21N5/c1-4-7-15-13-16-8-6-12(17-13)18(5-2)10-11(3)9-14/h6,8,11H,4-5,7,10H2,1-3H3,(H,15,16,17). The first-order chi connectivity index (χ1) is 8.71. The zero-order valence-corrected chi connectivity index (χ0v) is 11.3. The van der Waals surface area contributed by atoms with Crippen molar-refractivity contribution < 1.29 is 0 Å². The normalized spacial score (nSPS) is 11.7. The minimum Gasteiger partial charge on any atom is -0.355 e. The first-order valence-electron chi connectivity index (χ1n) is 6.42. The van der Waals surface area contributed by atoms with Crippen LogP contribution in [0.25, 0.3) is 0 Å². The second-order valence-electron chi connectivity index (χ2n) is 4.23. The summed E-state index contributed by atoms with van der Waals surface area (Å²) in [5, 5.41) is 12.0. The molecule has 1 heterocycles. The maximum atomic E-state index is 8.88. The summed E-state index contributed by atoms with van der Waals surface area (Å²) in [5.41, 5.74) is 0. The molecule has 0 fully saturated rings. The van der Waals surface area contributed by atoms with Gasteiger partial charge < -0.3 is 10.2 Å². The van der Waals surface area contributed by atoms with Crippen LogP contribution in [0.1, 0.15) is 27.2 Å². The van der Waals surface area contributed by atoms with E-state index in [1.54, 1.807) is 6.20 Å². The highest BCUT2D eigenvalue weighted by molar-refractivity contribution is 5.42. The van der Waals surface area contributed by atoms with E-state index < -0.39 is 0 Å². The van der Waals surface area contributed by atoms with Gasteiger partial charge in [0.25, 0.3) is 0 Å². The minimum absolute atomic E-state index is 0.00744. The average molecular weight is 247 g/mol. The van der Waals surface area contributed by atoms with Gasteiger partial charge in [-0.05, 0) is 26.3 Å². The van der Waals surface area contributed by atoms with Crippen LogP contribution in [0.4, 0.5) is 11.8 Å². The van der Waals surface area contributed by atoms with Crippen LogP contribution in [-0.2, 0) is 0 Å². The zero-order valence-electron chi connectivity index (χ0n) is 11.3. The molecule has 1 unspecified atom stereocenters. The number of rotatable bonds is 7. The monoisotopic (exact) mass is 247 g/mol. The van der Waals surface area contributed by atoms with Gasteiger partial charge in [0, 0.05) is 25.8 Å². The Kier molecular flexibility index (Phi) is 5.92. The highest BCUT2D eigenvalue weighted by Gasteiger charge is 2.10. The number of aromatic nitrogens is 2. The summed E-state index contributed by atoms with van der Waals surface area (Å²) in [6.45, 7) is 8.47. The Hall–Kier alpha value is -1.83. The van der Waals surface area contributed by atoms with Crippen molar-refractivity contribution in [3.63, 3.8) is 0 Å². The van der Waals surface area contributed by atoms with Crippen molar-refractivity contribution in [2.24, 2.45) is 5.92 Å². The van der Waals surface area contributed by atoms with E-state index in [4.69, 9.17) is 5.26 Å². The third-order valence-corrected chi connectivity index (χ3v) is 2.59. The van der Waals surface area contributed by atoms with E-state index in [0.717, 1.165) is 25.3 Å². The molecule has 0 spiro atoms. The fraction of sp³-hybridized carbons (Fsp3) is 0.615. The van der Waals surface area contributed by atoms with Crippen LogP contribution >= 0.6 is 0 Å². The van der Waals surface area contributed by atoms with Crippen LogP contribution in [0.3, 0.4) is 0 Å². The molecule has 0 aliphatic rings. The van der Waals surface area contributed by atoms with Gasteiger partial charge in [-0.1, -0.05) is 6.92 Å². The quantitative estimate of drug-likeness (QED) is 0.800. The molecule has 1 aromatic heterocycles. The summed E-state index contributed by atoms with van der Waals surface area (Å²) in [5.74, 6) is 1.51. The molecule has 0 aliphatic carbocycles. The number of nitriles is 1. The lowest BCUT2D eigenvalue weighted by Gasteiger charge is -2.23. The van der Waals surface area contributed by atoms with Gasteiger partial charge in [-0.2, -0.15) is 10.2 Å². The van der Waals surface area contributed by atoms with Crippen molar-refractivity contribution in [1.29, 1.82) is 5.26 Å². The molecule has 0 bridgehead atoms. The predicted molar refractivity (Wildman–Crippen MR) is 73.5 cm³/mol. The van der Waals surface area contributed by atoms with Gasteiger partial charge in [-0.15, -0.1) is 0 Å². The molecule has 0 aromatic carbocycles. The molecular weight excluding hydrogens is 226 g/mol. The zero-order chi connectivity index (χ0) is 13.4. The van der Waals surface area contributed by atoms with Crippen molar-refractivity contribution in [3.05, 3.63) is 12.3 Å². The smallest absolute Gasteiger partial charge is 0.224 e. The molecule has 98 valence electrons. The van der Waals surface area contributed by atoms with Gasteiger partial charge in [-0.25, -0.2) is 4.98 Å². The topological polar surface area (TPSA) is 64.8 Å². The van der Waals surface area contributed by atoms with Gasteiger partial charge in [0.15, 0.2) is 0 Å². The highest BCUT2D eigenvalue weighted by atomic mass is 15.2. The Morgan fingerprint density at radius 2 is 2.28 bits per heavy atom. The summed E-state index contributed by atoms with van der Waals surface area (Å²) < 4.78 is 0. The summed E-state index contributed by atoms with van der Waals surface area (Å²) in [7, 11) is 0. The highest BCUT2D eigenvalue weighted by Crippen LogP contribution is 2.13. The Labute approximate surface area is 109 Å². The van der Waals surface area contributed by atoms with Crippen molar-refractivity contribution in [2.75, 3.05) is 29.9 Å². The second-order valence-corrected chi connectivity index (χ2v) is 4.23. The van der Waals surface area contributed by atoms with Gasteiger partial charge >= 0.3 is 0 Å². The largest absolute Gasteiger partial charge is 0.355 e. The van der Waals surface area contributed by atoms with Crippen LogP contribution in [-0.4, -0.2) is 29.6 Å². The van der Waals surface area contributed by atoms with E-state index in [9.17, 15) is 0 Å². The van der Waals surface area contributed by atoms with E-state index in [1.807, 2.05) is 13.0 Å². The van der Waals surface area contributed by atoms with Crippen LogP contribution in [0.5, 0.6) is 0 Å². The Morgan fingerprint density at radius 3 is 2.89 bits per heavy atom. The summed E-state index contributed by atoms with van der Waals surface area (Å²) in [6.07, 6.45) is 2.79. The lowest BCUT2D eigenvalue weighted by molar-refractivity contribution is 0.679. The van der Waals surface area contributed by atoms with Crippen molar-refractivity contribution in [1.82, 2.24) is 9.97 Å². The maximum absolute atomic E-state index is 8.88. The van der Waals surface area contributed by atoms with Crippen LogP contribution in [0.2, 0.25) is 0 Å². The molecule has 0 aliphatic heterocycles. The van der Waals surface area contributed by atoms with E-state index in [0.29, 0.717) is 12.5 Å². The molecule has 5 heteroatoms. The Balaban J connectivity index is 2.76. The molecule has 5 nitrogen and oxygen atoms in total. The summed E-state index contributed by atoms with van der Waals surface area (Å²) in [6, 6.07) is 4.13. The van der Waals surface area contributed by atoms with Crippen molar-refractivity contribution >= 4 is 11.8 Å². The number of anilines is 2. The third-order valence-electron chi connectivity index (χ3n) is 2.59. The molecule has 0 amide bonds. The lowest BCUT2D eigenvalue weighted by Crippen LogP contribution is -2.28. The van der Waals surface area contributed by atoms with Gasteiger partial charge in [0.05, 0.1) is 12.0 Å². The number of hydrogen-bond donors (Lipinski definition) is 1. The van der Waals surface area contributed by atoms with Crippen molar-refractivity contribution in [2.45, 2.75) is 27.2 Å². The predicted octanol–water partition coefficient (Wildman–Crippen LogP) is 2.28. The first-order valence-corrected chi connectivity index (χ1v) is 6.42. The van der Waals surface area contributed by atoms with Gasteiger partial charge in [0.1, 0.15) is 5.82 Å². The Bertz CT molecular complexity index is 399. The van der Waals surface area contributed by atoms with Crippen LogP contribution < -0.4 is 10.2 Å². The van der Waals surface area contributed by atoms with E-state index in [1.165, 1.54) is 0 Å². The van der Waals surface area contributed by atoms with E-state index in [2.05, 4.69) is 40.1 Å². The van der Waals surface area contributed by atoms with Gasteiger partial charge in [-0.3, -0.25) is 0 Å². The molecule has 1 rings (SSSR count). The van der Waals surface area contributed by atoms with Crippen molar-refractivity contribution in [3.8, 4) is 6.07 Å². The molecule has 1 aromatic rings. The molecule has 18 heavy (non-hydrogen) atoms. The number of hydrogen-bond acceptors (Lipinski definition) is 5. The van der Waals surface area contributed by atoms with Crippen LogP contribution in [0, 0.1) is 17.2 Å². The molecule has 0 saturated carbocycles. The molecule has 1 atom stereocenters. The average Bonchev–Trinajstić information content (AvgIpc) is 2.42. The molecule has 1 N–H and O–H groups in total. The lowest BCUT2D eigenvalue weighted by atomic mass is 10.2. The SMILES string of the molecule is CCCNc1nccc(N(CC)CC(C)C#N)n1. The molecular formula is C13H21N5. The fourth-order valence-electron chi connectivity index (χ4n) is 1.60. The van der Waals surface area contributed by atoms with E-state index in [-0.39, 0.29) is 5.92 Å². The maximum Gasteiger partial charge on any atom is 0.224 e. The third kappa shape index (κ3) is 4.21. The number of nitrogens with one attached hydrogen (secondary N) is 1. The summed E-state index contributed by atoms with van der Waals surface area (Å²) in [4.78, 5) is 10.7. The second kappa shape index (κ2) is 7.49. The fourth-order valence-corrected chi connectivity index (χ4v) is 1.60. The first kappa shape index (κ1) is 14.2. The minimum atomic E-state index is -0.00744. The number of nitrogens with zero attached hydrogens (tertiary/aromatic N) is 4. The van der Waals surface area contributed by atoms with Gasteiger partial charge in [0.2, 0.25) is 5.95 Å². The summed E-state index contributed by atoms with van der Waals surface area (Å²) >= 11 is 0. The van der Waals surface area contributed by atoms with E-state index >= 15 is 0 Å².